The third kappa shape index (κ3) is 4.58. The number of H-pyrrole nitrogens is 1. The molecule has 1 aliphatic heterocycles. The van der Waals surface area contributed by atoms with Crippen molar-refractivity contribution in [1.29, 1.82) is 0 Å². The Labute approximate surface area is 164 Å². The number of nitrogens with zero attached hydrogens (tertiary/aromatic N) is 2. The van der Waals surface area contributed by atoms with Crippen LogP contribution in [0, 0.1) is 0 Å². The molecule has 4 rings (SSSR count). The molecule has 3 N–H and O–H groups in total. The molecule has 3 heterocycles. The SMILES string of the molecule is O=C(CCc1cc2ccncc2[nH]1)NC[C@@H](O)CN1CCc2ccccc2C1. The number of hydrogen-bond donors (Lipinski definition) is 3. The summed E-state index contributed by atoms with van der Waals surface area (Å²) in [5.41, 5.74) is 4.73. The predicted octanol–water partition coefficient (Wildman–Crippen LogP) is 2.03. The van der Waals surface area contributed by atoms with E-state index in [0.717, 1.165) is 36.1 Å². The van der Waals surface area contributed by atoms with Crippen LogP contribution in [0.1, 0.15) is 23.2 Å². The van der Waals surface area contributed by atoms with Gasteiger partial charge in [0.15, 0.2) is 0 Å². The first kappa shape index (κ1) is 18.7. The van der Waals surface area contributed by atoms with Crippen molar-refractivity contribution < 1.29 is 9.90 Å². The number of aromatic nitrogens is 2. The number of aryl methyl sites for hydroxylation is 1. The Morgan fingerprint density at radius 3 is 3.00 bits per heavy atom. The van der Waals surface area contributed by atoms with Gasteiger partial charge in [0.1, 0.15) is 0 Å². The van der Waals surface area contributed by atoms with Crippen LogP contribution < -0.4 is 5.32 Å². The summed E-state index contributed by atoms with van der Waals surface area (Å²) in [6, 6.07) is 12.5. The van der Waals surface area contributed by atoms with Crippen LogP contribution in [0.5, 0.6) is 0 Å². The lowest BCUT2D eigenvalue weighted by molar-refractivity contribution is -0.121. The molecule has 0 bridgehead atoms. The third-order valence-corrected chi connectivity index (χ3v) is 5.31. The summed E-state index contributed by atoms with van der Waals surface area (Å²) in [6.45, 7) is 2.66. The van der Waals surface area contributed by atoms with Gasteiger partial charge in [0.05, 0.1) is 17.8 Å². The number of aliphatic hydroxyl groups is 1. The highest BCUT2D eigenvalue weighted by Crippen LogP contribution is 2.18. The number of rotatable bonds is 7. The minimum atomic E-state index is -0.562. The molecule has 0 unspecified atom stereocenters. The first-order chi connectivity index (χ1) is 13.7. The number of carbonyl (C=O) groups excluding carboxylic acids is 1. The van der Waals surface area contributed by atoms with Gasteiger partial charge < -0.3 is 15.4 Å². The van der Waals surface area contributed by atoms with E-state index >= 15 is 0 Å². The maximum absolute atomic E-state index is 12.1. The number of pyridine rings is 1. The highest BCUT2D eigenvalue weighted by Gasteiger charge is 2.18. The molecule has 6 nitrogen and oxygen atoms in total. The van der Waals surface area contributed by atoms with E-state index in [2.05, 4.69) is 44.5 Å². The topological polar surface area (TPSA) is 81.2 Å². The zero-order valence-corrected chi connectivity index (χ0v) is 15.9. The molecule has 0 saturated heterocycles. The Balaban J connectivity index is 1.19. The van der Waals surface area contributed by atoms with E-state index < -0.39 is 6.10 Å². The molecular formula is C22H26N4O2. The Morgan fingerprint density at radius 1 is 1.29 bits per heavy atom. The molecule has 0 aliphatic carbocycles. The molecule has 1 atom stereocenters. The number of aromatic amines is 1. The fourth-order valence-electron chi connectivity index (χ4n) is 3.81. The lowest BCUT2D eigenvalue weighted by atomic mass is 10.00. The first-order valence-electron chi connectivity index (χ1n) is 9.83. The second-order valence-corrected chi connectivity index (χ2v) is 7.47. The van der Waals surface area contributed by atoms with E-state index in [-0.39, 0.29) is 12.5 Å². The molecule has 28 heavy (non-hydrogen) atoms. The molecule has 1 aliphatic rings. The quantitative estimate of drug-likeness (QED) is 0.588. The van der Waals surface area contributed by atoms with Gasteiger partial charge in [-0.2, -0.15) is 0 Å². The number of benzene rings is 1. The monoisotopic (exact) mass is 378 g/mol. The predicted molar refractivity (Wildman–Crippen MR) is 109 cm³/mol. The van der Waals surface area contributed by atoms with Gasteiger partial charge in [-0.05, 0) is 36.1 Å². The van der Waals surface area contributed by atoms with Crippen LogP contribution in [0.25, 0.3) is 10.9 Å². The maximum atomic E-state index is 12.1. The van der Waals surface area contributed by atoms with E-state index in [0.29, 0.717) is 19.4 Å². The highest BCUT2D eigenvalue weighted by atomic mass is 16.3. The van der Waals surface area contributed by atoms with Crippen molar-refractivity contribution >= 4 is 16.8 Å². The highest BCUT2D eigenvalue weighted by molar-refractivity contribution is 5.80. The fourth-order valence-corrected chi connectivity index (χ4v) is 3.81. The number of hydrogen-bond acceptors (Lipinski definition) is 4. The summed E-state index contributed by atoms with van der Waals surface area (Å²) >= 11 is 0. The van der Waals surface area contributed by atoms with Crippen LogP contribution in [0.3, 0.4) is 0 Å². The van der Waals surface area contributed by atoms with E-state index in [4.69, 9.17) is 0 Å². The van der Waals surface area contributed by atoms with Gasteiger partial charge >= 0.3 is 0 Å². The number of carbonyl (C=O) groups is 1. The van der Waals surface area contributed by atoms with Gasteiger partial charge in [-0.3, -0.25) is 14.7 Å². The summed E-state index contributed by atoms with van der Waals surface area (Å²) in [7, 11) is 0. The first-order valence-corrected chi connectivity index (χ1v) is 9.83. The van der Waals surface area contributed by atoms with Crippen molar-refractivity contribution in [3.05, 3.63) is 65.6 Å². The molecule has 1 amide bonds. The van der Waals surface area contributed by atoms with Crippen molar-refractivity contribution in [3.8, 4) is 0 Å². The molecule has 0 saturated carbocycles. The lowest BCUT2D eigenvalue weighted by Gasteiger charge is -2.30. The zero-order chi connectivity index (χ0) is 19.3. The molecule has 6 heteroatoms. The standard InChI is InChI=1S/C22H26N4O2/c27-20(15-26-10-8-16-3-1-2-4-18(16)14-26)12-24-22(28)6-5-19-11-17-7-9-23-13-21(17)25-19/h1-4,7,9,11,13,20,25,27H,5-6,8,10,12,14-15H2,(H,24,28)/t20-/m1/s1. The summed E-state index contributed by atoms with van der Waals surface area (Å²) in [5, 5.41) is 14.3. The number of fused-ring (bicyclic) bond motifs is 2. The average Bonchev–Trinajstić information content (AvgIpc) is 3.14. The normalized spacial score (nSPS) is 15.3. The van der Waals surface area contributed by atoms with Crippen LogP contribution in [-0.4, -0.2) is 51.6 Å². The van der Waals surface area contributed by atoms with E-state index in [1.54, 1.807) is 12.4 Å². The van der Waals surface area contributed by atoms with Gasteiger partial charge in [0.2, 0.25) is 5.91 Å². The molecule has 2 aromatic heterocycles. The average molecular weight is 378 g/mol. The lowest BCUT2D eigenvalue weighted by Crippen LogP contribution is -2.42. The van der Waals surface area contributed by atoms with Crippen molar-refractivity contribution in [2.24, 2.45) is 0 Å². The van der Waals surface area contributed by atoms with Gasteiger partial charge in [-0.1, -0.05) is 24.3 Å². The van der Waals surface area contributed by atoms with E-state index in [1.165, 1.54) is 11.1 Å². The Hall–Kier alpha value is -2.70. The van der Waals surface area contributed by atoms with Crippen molar-refractivity contribution in [3.63, 3.8) is 0 Å². The Bertz CT molecular complexity index is 919. The van der Waals surface area contributed by atoms with Gasteiger partial charge in [0.25, 0.3) is 0 Å². The zero-order valence-electron chi connectivity index (χ0n) is 15.9. The molecule has 1 aromatic carbocycles. The molecule has 0 fully saturated rings. The second-order valence-electron chi connectivity index (χ2n) is 7.47. The number of β-amino-alcohol motifs (C(OH)–C–C–N with tert-alkyl or cyclic N) is 1. The van der Waals surface area contributed by atoms with Gasteiger partial charge in [-0.25, -0.2) is 0 Å². The molecular weight excluding hydrogens is 352 g/mol. The molecule has 146 valence electrons. The number of nitrogens with one attached hydrogen (secondary N) is 2. The van der Waals surface area contributed by atoms with Gasteiger partial charge in [-0.15, -0.1) is 0 Å². The fraction of sp³-hybridized carbons (Fsp3) is 0.364. The third-order valence-electron chi connectivity index (χ3n) is 5.31. The van der Waals surface area contributed by atoms with Crippen LogP contribution in [-0.2, 0) is 24.2 Å². The minimum Gasteiger partial charge on any atom is -0.390 e. The molecule has 0 radical (unpaired) electrons. The second kappa shape index (κ2) is 8.54. The van der Waals surface area contributed by atoms with Crippen LogP contribution >= 0.6 is 0 Å². The number of aliphatic hydroxyl groups excluding tert-OH is 1. The van der Waals surface area contributed by atoms with E-state index in [1.807, 2.05) is 12.1 Å². The van der Waals surface area contributed by atoms with Crippen LogP contribution in [0.15, 0.2) is 48.8 Å². The summed E-state index contributed by atoms with van der Waals surface area (Å²) in [5.74, 6) is -0.0418. The largest absolute Gasteiger partial charge is 0.390 e. The van der Waals surface area contributed by atoms with Crippen molar-refractivity contribution in [2.75, 3.05) is 19.6 Å². The van der Waals surface area contributed by atoms with E-state index in [9.17, 15) is 9.90 Å². The van der Waals surface area contributed by atoms with Crippen LogP contribution in [0.4, 0.5) is 0 Å². The van der Waals surface area contributed by atoms with Crippen molar-refractivity contribution in [2.45, 2.75) is 31.9 Å². The molecule has 3 aromatic rings. The Kier molecular flexibility index (Phi) is 5.69. The Morgan fingerprint density at radius 2 is 2.14 bits per heavy atom. The van der Waals surface area contributed by atoms with Crippen molar-refractivity contribution in [1.82, 2.24) is 20.2 Å². The van der Waals surface area contributed by atoms with Crippen LogP contribution in [0.2, 0.25) is 0 Å². The summed E-state index contributed by atoms with van der Waals surface area (Å²) in [6.07, 6.45) is 5.02. The summed E-state index contributed by atoms with van der Waals surface area (Å²) in [4.78, 5) is 21.7. The minimum absolute atomic E-state index is 0.0418. The number of amides is 1. The summed E-state index contributed by atoms with van der Waals surface area (Å²) < 4.78 is 0. The maximum Gasteiger partial charge on any atom is 0.220 e. The van der Waals surface area contributed by atoms with Gasteiger partial charge in [0, 0.05) is 49.9 Å². The smallest absolute Gasteiger partial charge is 0.220 e. The molecule has 0 spiro atoms.